The van der Waals surface area contributed by atoms with Gasteiger partial charge < -0.3 is 10.1 Å². The number of anilines is 2. The number of hydrogen-bond acceptors (Lipinski definition) is 3. The molecule has 0 heterocycles. The van der Waals surface area contributed by atoms with Gasteiger partial charge in [0.1, 0.15) is 11.8 Å². The SMILES string of the molecule is N#Cc1ccc(Cl)cc1Nc1ccc(OC(F)(F)F)cc1. The number of alkyl halides is 3. The van der Waals surface area contributed by atoms with Crippen molar-refractivity contribution < 1.29 is 17.9 Å². The summed E-state index contributed by atoms with van der Waals surface area (Å²) in [7, 11) is 0. The molecule has 0 bridgehead atoms. The summed E-state index contributed by atoms with van der Waals surface area (Å²) in [5, 5.41) is 12.3. The second-order valence-electron chi connectivity index (χ2n) is 4.00. The fourth-order valence-electron chi connectivity index (χ4n) is 1.61. The van der Waals surface area contributed by atoms with Gasteiger partial charge in [-0.3, -0.25) is 0 Å². The molecule has 0 fully saturated rings. The van der Waals surface area contributed by atoms with Crippen LogP contribution in [0, 0.1) is 11.3 Å². The molecule has 2 aromatic rings. The van der Waals surface area contributed by atoms with Gasteiger partial charge in [-0.15, -0.1) is 13.2 Å². The van der Waals surface area contributed by atoms with Crippen molar-refractivity contribution in [1.82, 2.24) is 0 Å². The summed E-state index contributed by atoms with van der Waals surface area (Å²) in [5.41, 5.74) is 1.34. The fourth-order valence-corrected chi connectivity index (χ4v) is 1.78. The summed E-state index contributed by atoms with van der Waals surface area (Å²) in [5.74, 6) is -0.320. The summed E-state index contributed by atoms with van der Waals surface area (Å²) in [6.45, 7) is 0. The molecule has 7 heteroatoms. The highest BCUT2D eigenvalue weighted by Gasteiger charge is 2.30. The summed E-state index contributed by atoms with van der Waals surface area (Å²) in [6.07, 6.45) is -4.73. The molecule has 3 nitrogen and oxygen atoms in total. The molecule has 21 heavy (non-hydrogen) atoms. The Morgan fingerprint density at radius 1 is 1.10 bits per heavy atom. The Hall–Kier alpha value is -2.39. The largest absolute Gasteiger partial charge is 0.573 e. The molecule has 0 unspecified atom stereocenters. The van der Waals surface area contributed by atoms with Crippen LogP contribution >= 0.6 is 11.6 Å². The van der Waals surface area contributed by atoms with Crippen LogP contribution in [0.15, 0.2) is 42.5 Å². The van der Waals surface area contributed by atoms with Gasteiger partial charge in [0.2, 0.25) is 0 Å². The van der Waals surface area contributed by atoms with Crippen LogP contribution in [0.1, 0.15) is 5.56 Å². The highest BCUT2D eigenvalue weighted by molar-refractivity contribution is 6.30. The first-order chi connectivity index (χ1) is 9.87. The summed E-state index contributed by atoms with van der Waals surface area (Å²) >= 11 is 5.84. The molecule has 0 saturated heterocycles. The van der Waals surface area contributed by atoms with E-state index in [4.69, 9.17) is 16.9 Å². The molecular formula is C14H8ClF3N2O. The van der Waals surface area contributed by atoms with Crippen LogP contribution in [0.4, 0.5) is 24.5 Å². The van der Waals surface area contributed by atoms with Crippen molar-refractivity contribution in [2.24, 2.45) is 0 Å². The number of halogens is 4. The van der Waals surface area contributed by atoms with Crippen molar-refractivity contribution in [3.63, 3.8) is 0 Å². The molecule has 0 radical (unpaired) electrons. The van der Waals surface area contributed by atoms with Gasteiger partial charge in [0.05, 0.1) is 11.3 Å². The van der Waals surface area contributed by atoms with E-state index in [1.807, 2.05) is 6.07 Å². The van der Waals surface area contributed by atoms with Crippen LogP contribution in [0.2, 0.25) is 5.02 Å². The van der Waals surface area contributed by atoms with E-state index in [0.29, 0.717) is 22.0 Å². The summed E-state index contributed by atoms with van der Waals surface area (Å²) in [4.78, 5) is 0. The minimum atomic E-state index is -4.73. The van der Waals surface area contributed by atoms with Gasteiger partial charge in [0.15, 0.2) is 0 Å². The molecular weight excluding hydrogens is 305 g/mol. The van der Waals surface area contributed by atoms with Crippen molar-refractivity contribution in [2.75, 3.05) is 5.32 Å². The van der Waals surface area contributed by atoms with E-state index in [2.05, 4.69) is 10.1 Å². The van der Waals surface area contributed by atoms with E-state index in [-0.39, 0.29) is 5.75 Å². The van der Waals surface area contributed by atoms with Crippen molar-refractivity contribution in [3.05, 3.63) is 53.1 Å². The van der Waals surface area contributed by atoms with Crippen molar-refractivity contribution in [1.29, 1.82) is 5.26 Å². The van der Waals surface area contributed by atoms with Gasteiger partial charge in [-0.25, -0.2) is 0 Å². The highest BCUT2D eigenvalue weighted by Crippen LogP contribution is 2.27. The number of rotatable bonds is 3. The molecule has 2 rings (SSSR count). The molecule has 0 aromatic heterocycles. The van der Waals surface area contributed by atoms with E-state index in [0.717, 1.165) is 0 Å². The molecule has 0 aliphatic carbocycles. The van der Waals surface area contributed by atoms with E-state index in [1.165, 1.54) is 24.3 Å². The topological polar surface area (TPSA) is 45.0 Å². The second-order valence-corrected chi connectivity index (χ2v) is 4.44. The molecule has 0 amide bonds. The first-order valence-electron chi connectivity index (χ1n) is 5.70. The fraction of sp³-hybridized carbons (Fsp3) is 0.0714. The maximum absolute atomic E-state index is 12.0. The Bertz CT molecular complexity index is 678. The molecule has 108 valence electrons. The summed E-state index contributed by atoms with van der Waals surface area (Å²) in [6, 6.07) is 11.8. The number of nitrogens with zero attached hydrogens (tertiary/aromatic N) is 1. The minimum absolute atomic E-state index is 0.320. The Balaban J connectivity index is 2.18. The quantitative estimate of drug-likeness (QED) is 0.880. The van der Waals surface area contributed by atoms with Gasteiger partial charge in [0.25, 0.3) is 0 Å². The number of ether oxygens (including phenoxy) is 1. The van der Waals surface area contributed by atoms with Crippen LogP contribution in [0.5, 0.6) is 5.75 Å². The normalized spacial score (nSPS) is 10.8. The van der Waals surface area contributed by atoms with Gasteiger partial charge in [0, 0.05) is 10.7 Å². The van der Waals surface area contributed by atoms with Crippen LogP contribution < -0.4 is 10.1 Å². The van der Waals surface area contributed by atoms with Crippen molar-refractivity contribution in [3.8, 4) is 11.8 Å². The standard InChI is InChI=1S/C14H8ClF3N2O/c15-10-2-1-9(8-19)13(7-10)20-11-3-5-12(6-4-11)21-14(16,17)18/h1-7,20H. The molecule has 1 N–H and O–H groups in total. The molecule has 0 spiro atoms. The van der Waals surface area contributed by atoms with Crippen LogP contribution in [-0.2, 0) is 0 Å². The minimum Gasteiger partial charge on any atom is -0.406 e. The number of benzene rings is 2. The maximum Gasteiger partial charge on any atom is 0.573 e. The predicted octanol–water partition coefficient (Wildman–Crippen LogP) is 4.85. The van der Waals surface area contributed by atoms with Crippen LogP contribution in [0.25, 0.3) is 0 Å². The van der Waals surface area contributed by atoms with E-state index >= 15 is 0 Å². The lowest BCUT2D eigenvalue weighted by Crippen LogP contribution is -2.16. The number of hydrogen-bond donors (Lipinski definition) is 1. The Morgan fingerprint density at radius 2 is 1.76 bits per heavy atom. The number of nitrogens with one attached hydrogen (secondary N) is 1. The first kappa shape index (κ1) is 15.0. The highest BCUT2D eigenvalue weighted by atomic mass is 35.5. The van der Waals surface area contributed by atoms with Crippen LogP contribution in [0.3, 0.4) is 0 Å². The van der Waals surface area contributed by atoms with Gasteiger partial charge in [-0.05, 0) is 42.5 Å². The van der Waals surface area contributed by atoms with Gasteiger partial charge >= 0.3 is 6.36 Å². The second kappa shape index (κ2) is 5.94. The zero-order valence-electron chi connectivity index (χ0n) is 10.4. The predicted molar refractivity (Wildman–Crippen MR) is 72.6 cm³/mol. The maximum atomic E-state index is 12.0. The average molecular weight is 313 g/mol. The third kappa shape index (κ3) is 4.29. The average Bonchev–Trinajstić information content (AvgIpc) is 2.40. The molecule has 0 aliphatic rings. The Morgan fingerprint density at radius 3 is 2.33 bits per heavy atom. The lowest BCUT2D eigenvalue weighted by molar-refractivity contribution is -0.274. The van der Waals surface area contributed by atoms with E-state index < -0.39 is 6.36 Å². The van der Waals surface area contributed by atoms with Crippen molar-refractivity contribution >= 4 is 23.0 Å². The van der Waals surface area contributed by atoms with Crippen molar-refractivity contribution in [2.45, 2.75) is 6.36 Å². The van der Waals surface area contributed by atoms with E-state index in [1.54, 1.807) is 18.2 Å². The first-order valence-corrected chi connectivity index (χ1v) is 6.08. The lowest BCUT2D eigenvalue weighted by Gasteiger charge is -2.11. The van der Waals surface area contributed by atoms with Gasteiger partial charge in [-0.2, -0.15) is 5.26 Å². The monoisotopic (exact) mass is 312 g/mol. The number of nitriles is 1. The third-order valence-electron chi connectivity index (χ3n) is 2.47. The molecule has 0 aliphatic heterocycles. The van der Waals surface area contributed by atoms with E-state index in [9.17, 15) is 13.2 Å². The zero-order valence-corrected chi connectivity index (χ0v) is 11.2. The summed E-state index contributed by atoms with van der Waals surface area (Å²) < 4.78 is 39.9. The smallest absolute Gasteiger partial charge is 0.406 e. The Labute approximate surface area is 123 Å². The third-order valence-corrected chi connectivity index (χ3v) is 2.70. The molecule has 0 atom stereocenters. The molecule has 0 saturated carbocycles. The van der Waals surface area contributed by atoms with Crippen LogP contribution in [-0.4, -0.2) is 6.36 Å². The zero-order chi connectivity index (χ0) is 15.5. The van der Waals surface area contributed by atoms with Gasteiger partial charge in [-0.1, -0.05) is 11.6 Å². The lowest BCUT2D eigenvalue weighted by atomic mass is 10.2. The Kier molecular flexibility index (Phi) is 4.24. The molecule has 2 aromatic carbocycles.